The molecule has 0 radical (unpaired) electrons. The van der Waals surface area contributed by atoms with Crippen molar-refractivity contribution in [1.29, 1.82) is 0 Å². The number of likely N-dealkylation sites (tertiary alicyclic amines) is 1. The summed E-state index contributed by atoms with van der Waals surface area (Å²) in [6.07, 6.45) is 6.03. The van der Waals surface area contributed by atoms with E-state index in [1.165, 1.54) is 6.42 Å². The van der Waals surface area contributed by atoms with E-state index in [0.29, 0.717) is 12.3 Å². The van der Waals surface area contributed by atoms with Gasteiger partial charge in [-0.05, 0) is 50.9 Å². The molecule has 1 aliphatic rings. The van der Waals surface area contributed by atoms with E-state index >= 15 is 0 Å². The first-order valence-corrected chi connectivity index (χ1v) is 9.35. The molecule has 122 valence electrons. The summed E-state index contributed by atoms with van der Waals surface area (Å²) in [5.74, 6) is 2.88. The SMILES string of the molecule is CNCCC1CCN(C(=O)CCSCc2ccccn2)CC1. The molecule has 1 saturated heterocycles. The smallest absolute Gasteiger partial charge is 0.223 e. The van der Waals surface area contributed by atoms with Crippen molar-refractivity contribution in [2.75, 3.05) is 32.4 Å². The van der Waals surface area contributed by atoms with Crippen molar-refractivity contribution < 1.29 is 4.79 Å². The van der Waals surface area contributed by atoms with Crippen LogP contribution in [0.1, 0.15) is 31.4 Å². The molecule has 1 aromatic heterocycles. The average Bonchev–Trinajstić information content (AvgIpc) is 2.58. The van der Waals surface area contributed by atoms with Crippen LogP contribution < -0.4 is 5.32 Å². The normalized spacial score (nSPS) is 16.0. The number of rotatable bonds is 8. The molecule has 5 heteroatoms. The van der Waals surface area contributed by atoms with Gasteiger partial charge >= 0.3 is 0 Å². The van der Waals surface area contributed by atoms with Gasteiger partial charge in [-0.1, -0.05) is 6.07 Å². The van der Waals surface area contributed by atoms with Crippen LogP contribution in [0.4, 0.5) is 0 Å². The summed E-state index contributed by atoms with van der Waals surface area (Å²) >= 11 is 1.79. The fourth-order valence-corrected chi connectivity index (χ4v) is 3.64. The minimum absolute atomic E-state index is 0.320. The summed E-state index contributed by atoms with van der Waals surface area (Å²) < 4.78 is 0. The highest BCUT2D eigenvalue weighted by atomic mass is 32.2. The van der Waals surface area contributed by atoms with Crippen LogP contribution >= 0.6 is 11.8 Å². The third-order valence-electron chi connectivity index (χ3n) is 4.21. The quantitative estimate of drug-likeness (QED) is 0.748. The Balaban J connectivity index is 1.58. The average molecular weight is 321 g/mol. The van der Waals surface area contributed by atoms with Crippen molar-refractivity contribution in [3.63, 3.8) is 0 Å². The lowest BCUT2D eigenvalue weighted by atomic mass is 9.93. The zero-order chi connectivity index (χ0) is 15.6. The Hall–Kier alpha value is -1.07. The minimum atomic E-state index is 0.320. The van der Waals surface area contributed by atoms with E-state index in [0.717, 1.165) is 55.6 Å². The first-order valence-electron chi connectivity index (χ1n) is 8.19. The lowest BCUT2D eigenvalue weighted by Crippen LogP contribution is -2.39. The molecule has 4 nitrogen and oxygen atoms in total. The van der Waals surface area contributed by atoms with E-state index in [-0.39, 0.29) is 0 Å². The van der Waals surface area contributed by atoms with Gasteiger partial charge in [-0.2, -0.15) is 11.8 Å². The molecule has 1 N–H and O–H groups in total. The second-order valence-corrected chi connectivity index (χ2v) is 6.95. The molecule has 0 atom stereocenters. The van der Waals surface area contributed by atoms with Crippen LogP contribution in [0.3, 0.4) is 0 Å². The Morgan fingerprint density at radius 3 is 2.91 bits per heavy atom. The Kier molecular flexibility index (Phi) is 7.74. The van der Waals surface area contributed by atoms with E-state index in [4.69, 9.17) is 0 Å². The molecule has 0 bridgehead atoms. The number of thioether (sulfide) groups is 1. The van der Waals surface area contributed by atoms with Gasteiger partial charge < -0.3 is 10.2 Å². The van der Waals surface area contributed by atoms with Crippen molar-refractivity contribution in [2.45, 2.75) is 31.4 Å². The molecule has 1 aromatic rings. The van der Waals surface area contributed by atoms with Gasteiger partial charge in [-0.15, -0.1) is 0 Å². The molecule has 2 rings (SSSR count). The number of nitrogens with zero attached hydrogens (tertiary/aromatic N) is 2. The van der Waals surface area contributed by atoms with E-state index in [9.17, 15) is 4.79 Å². The summed E-state index contributed by atoms with van der Waals surface area (Å²) in [5, 5.41) is 3.21. The number of carbonyl (C=O) groups excluding carboxylic acids is 1. The van der Waals surface area contributed by atoms with Crippen LogP contribution in [-0.4, -0.2) is 48.2 Å². The van der Waals surface area contributed by atoms with E-state index < -0.39 is 0 Å². The Morgan fingerprint density at radius 1 is 1.41 bits per heavy atom. The third kappa shape index (κ3) is 5.97. The lowest BCUT2D eigenvalue weighted by Gasteiger charge is -2.32. The number of hydrogen-bond acceptors (Lipinski definition) is 4. The minimum Gasteiger partial charge on any atom is -0.343 e. The molecule has 1 aliphatic heterocycles. The van der Waals surface area contributed by atoms with Crippen LogP contribution in [0.5, 0.6) is 0 Å². The molecule has 0 saturated carbocycles. The first-order chi connectivity index (χ1) is 10.8. The zero-order valence-corrected chi connectivity index (χ0v) is 14.3. The van der Waals surface area contributed by atoms with Gasteiger partial charge in [-0.25, -0.2) is 0 Å². The predicted molar refractivity (Wildman–Crippen MR) is 92.9 cm³/mol. The second kappa shape index (κ2) is 9.85. The molecule has 22 heavy (non-hydrogen) atoms. The van der Waals surface area contributed by atoms with Gasteiger partial charge in [-0.3, -0.25) is 9.78 Å². The molecule has 1 amide bonds. The fourth-order valence-electron chi connectivity index (χ4n) is 2.80. The number of aromatic nitrogens is 1. The number of piperidine rings is 1. The van der Waals surface area contributed by atoms with Gasteiger partial charge in [0, 0.05) is 37.2 Å². The number of pyridine rings is 1. The maximum absolute atomic E-state index is 12.2. The van der Waals surface area contributed by atoms with E-state index in [2.05, 4.69) is 15.2 Å². The number of hydrogen-bond donors (Lipinski definition) is 1. The highest BCUT2D eigenvalue weighted by molar-refractivity contribution is 7.98. The topological polar surface area (TPSA) is 45.2 Å². The largest absolute Gasteiger partial charge is 0.343 e. The van der Waals surface area contributed by atoms with Gasteiger partial charge in [0.2, 0.25) is 5.91 Å². The molecular formula is C17H27N3OS. The number of amides is 1. The summed E-state index contributed by atoms with van der Waals surface area (Å²) in [6, 6.07) is 5.97. The van der Waals surface area contributed by atoms with Crippen LogP contribution in [0.15, 0.2) is 24.4 Å². The Morgan fingerprint density at radius 2 is 2.23 bits per heavy atom. The van der Waals surface area contributed by atoms with Crippen molar-refractivity contribution in [3.05, 3.63) is 30.1 Å². The molecule has 0 aromatic carbocycles. The third-order valence-corrected chi connectivity index (χ3v) is 5.20. The van der Waals surface area contributed by atoms with Crippen molar-refractivity contribution in [1.82, 2.24) is 15.2 Å². The summed E-state index contributed by atoms with van der Waals surface area (Å²) in [7, 11) is 2.00. The molecular weight excluding hydrogens is 294 g/mol. The van der Waals surface area contributed by atoms with Crippen molar-refractivity contribution >= 4 is 17.7 Å². The van der Waals surface area contributed by atoms with Gasteiger partial charge in [0.25, 0.3) is 0 Å². The van der Waals surface area contributed by atoms with Gasteiger partial charge in [0.15, 0.2) is 0 Å². The first kappa shape index (κ1) is 17.3. The maximum atomic E-state index is 12.2. The maximum Gasteiger partial charge on any atom is 0.223 e. The second-order valence-electron chi connectivity index (χ2n) is 5.84. The van der Waals surface area contributed by atoms with Crippen LogP contribution in [0.25, 0.3) is 0 Å². The molecule has 1 fully saturated rings. The summed E-state index contributed by atoms with van der Waals surface area (Å²) in [5.41, 5.74) is 1.09. The summed E-state index contributed by atoms with van der Waals surface area (Å²) in [4.78, 5) is 18.6. The predicted octanol–water partition coefficient (Wildman–Crippen LogP) is 2.55. The van der Waals surface area contributed by atoms with Gasteiger partial charge in [0.05, 0.1) is 5.69 Å². The Bertz CT molecular complexity index is 433. The Labute approximate surface area is 138 Å². The highest BCUT2D eigenvalue weighted by Crippen LogP contribution is 2.21. The van der Waals surface area contributed by atoms with Crippen molar-refractivity contribution in [3.8, 4) is 0 Å². The molecule has 0 spiro atoms. The number of nitrogens with one attached hydrogen (secondary N) is 1. The van der Waals surface area contributed by atoms with E-state index in [1.54, 1.807) is 11.8 Å². The van der Waals surface area contributed by atoms with Gasteiger partial charge in [0.1, 0.15) is 0 Å². The van der Waals surface area contributed by atoms with E-state index in [1.807, 2.05) is 31.4 Å². The summed E-state index contributed by atoms with van der Waals surface area (Å²) in [6.45, 7) is 2.97. The molecule has 0 unspecified atom stereocenters. The molecule has 2 heterocycles. The number of carbonyl (C=O) groups is 1. The van der Waals surface area contributed by atoms with Crippen molar-refractivity contribution in [2.24, 2.45) is 5.92 Å². The zero-order valence-electron chi connectivity index (χ0n) is 13.5. The fraction of sp³-hybridized carbons (Fsp3) is 0.647. The monoisotopic (exact) mass is 321 g/mol. The van der Waals surface area contributed by atoms with Crippen LogP contribution in [-0.2, 0) is 10.5 Å². The van der Waals surface area contributed by atoms with Crippen LogP contribution in [0, 0.1) is 5.92 Å². The molecule has 0 aliphatic carbocycles. The standard InChI is InChI=1S/C17H27N3OS/c1-18-10-5-15-6-11-20(12-7-15)17(21)8-13-22-14-16-4-2-3-9-19-16/h2-4,9,15,18H,5-8,10-14H2,1H3. The lowest BCUT2D eigenvalue weighted by molar-refractivity contribution is -0.132. The highest BCUT2D eigenvalue weighted by Gasteiger charge is 2.21. The van der Waals surface area contributed by atoms with Crippen LogP contribution in [0.2, 0.25) is 0 Å².